The Morgan fingerprint density at radius 1 is 1.40 bits per heavy atom. The molecule has 1 aliphatic heterocycles. The second kappa shape index (κ2) is 6.30. The molecular weight excluding hydrogens is 325 g/mol. The zero-order chi connectivity index (χ0) is 14.8. The first-order chi connectivity index (χ1) is 9.44. The molecule has 1 aliphatic rings. The lowest BCUT2D eigenvalue weighted by molar-refractivity contribution is -0.154. The maximum atomic E-state index is 12.0. The average molecular weight is 338 g/mol. The molecule has 2 N–H and O–H groups in total. The number of carboxylic acids is 1. The summed E-state index contributed by atoms with van der Waals surface area (Å²) in [5.74, 6) is -1.33. The van der Waals surface area contributed by atoms with Crippen molar-refractivity contribution in [2.24, 2.45) is 5.41 Å². The van der Waals surface area contributed by atoms with Crippen molar-refractivity contribution in [1.29, 1.82) is 0 Å². The van der Waals surface area contributed by atoms with Crippen molar-refractivity contribution in [1.82, 2.24) is 5.32 Å². The number of carbonyl (C=O) groups is 2. The van der Waals surface area contributed by atoms with E-state index in [9.17, 15) is 14.7 Å². The maximum absolute atomic E-state index is 12.0. The highest BCUT2D eigenvalue weighted by atomic mass is 35.5. The van der Waals surface area contributed by atoms with Crippen molar-refractivity contribution >= 4 is 46.4 Å². The number of hydrogen-bond acceptors (Lipinski definition) is 4. The molecule has 0 unspecified atom stereocenters. The van der Waals surface area contributed by atoms with Crippen molar-refractivity contribution < 1.29 is 19.4 Å². The first-order valence-electron chi connectivity index (χ1n) is 5.99. The van der Waals surface area contributed by atoms with E-state index in [1.54, 1.807) is 0 Å². The van der Waals surface area contributed by atoms with Gasteiger partial charge in [-0.15, -0.1) is 11.3 Å². The van der Waals surface area contributed by atoms with Gasteiger partial charge in [-0.3, -0.25) is 9.59 Å². The number of aliphatic carboxylic acids is 1. The molecule has 2 rings (SSSR count). The van der Waals surface area contributed by atoms with Gasteiger partial charge in [-0.2, -0.15) is 0 Å². The van der Waals surface area contributed by atoms with Crippen LogP contribution in [-0.2, 0) is 9.53 Å². The number of carbonyl (C=O) groups excluding carboxylic acids is 1. The predicted molar refractivity (Wildman–Crippen MR) is 76.8 cm³/mol. The molecule has 20 heavy (non-hydrogen) atoms. The normalized spacial score (nSPS) is 17.7. The minimum Gasteiger partial charge on any atom is -0.481 e. The van der Waals surface area contributed by atoms with Crippen LogP contribution in [0, 0.1) is 5.41 Å². The summed E-state index contributed by atoms with van der Waals surface area (Å²) < 4.78 is 5.89. The van der Waals surface area contributed by atoms with Crippen molar-refractivity contribution in [2.75, 3.05) is 19.8 Å². The molecular formula is C12H13Cl2NO4S. The van der Waals surface area contributed by atoms with Gasteiger partial charge in [0, 0.05) is 19.8 Å². The fourth-order valence-corrected chi connectivity index (χ4v) is 3.53. The summed E-state index contributed by atoms with van der Waals surface area (Å²) in [5.41, 5.74) is -0.700. The van der Waals surface area contributed by atoms with E-state index in [2.05, 4.69) is 5.32 Å². The fraction of sp³-hybridized carbons (Fsp3) is 0.500. The highest BCUT2D eigenvalue weighted by Gasteiger charge is 2.40. The van der Waals surface area contributed by atoms with Crippen molar-refractivity contribution in [3.63, 3.8) is 0 Å². The Labute approximate surface area is 129 Å². The van der Waals surface area contributed by atoms with E-state index in [4.69, 9.17) is 27.9 Å². The molecule has 2 heterocycles. The first-order valence-corrected chi connectivity index (χ1v) is 7.56. The summed E-state index contributed by atoms with van der Waals surface area (Å²) in [4.78, 5) is 23.5. The highest BCUT2D eigenvalue weighted by Crippen LogP contribution is 2.32. The van der Waals surface area contributed by atoms with Crippen LogP contribution < -0.4 is 5.32 Å². The first kappa shape index (κ1) is 15.6. The molecule has 0 radical (unpaired) electrons. The number of nitrogens with one attached hydrogen (secondary N) is 1. The van der Waals surface area contributed by atoms with Gasteiger partial charge in [-0.25, -0.2) is 0 Å². The molecule has 1 saturated heterocycles. The Morgan fingerprint density at radius 3 is 2.55 bits per heavy atom. The van der Waals surface area contributed by atoms with E-state index in [0.29, 0.717) is 34.7 Å². The van der Waals surface area contributed by atoms with Gasteiger partial charge in [0.05, 0.1) is 15.3 Å². The molecule has 1 fully saturated rings. The second-order valence-corrected chi connectivity index (χ2v) is 6.90. The van der Waals surface area contributed by atoms with Crippen LogP contribution in [0.3, 0.4) is 0 Å². The third-order valence-corrected chi connectivity index (χ3v) is 4.88. The SMILES string of the molecule is O=C(NCC1(C(=O)O)CCOCC1)c1cc(Cl)sc1Cl. The number of thiophene rings is 1. The van der Waals surface area contributed by atoms with E-state index in [-0.39, 0.29) is 12.1 Å². The summed E-state index contributed by atoms with van der Waals surface area (Å²) >= 11 is 12.8. The molecule has 8 heteroatoms. The van der Waals surface area contributed by atoms with Crippen LogP contribution >= 0.6 is 34.5 Å². The van der Waals surface area contributed by atoms with Crippen molar-refractivity contribution in [3.8, 4) is 0 Å². The van der Waals surface area contributed by atoms with Crippen LogP contribution in [-0.4, -0.2) is 36.7 Å². The van der Waals surface area contributed by atoms with Crippen LogP contribution in [0.4, 0.5) is 0 Å². The molecule has 5 nitrogen and oxygen atoms in total. The molecule has 110 valence electrons. The van der Waals surface area contributed by atoms with Crippen LogP contribution in [0.1, 0.15) is 23.2 Å². The Balaban J connectivity index is 2.04. The number of ether oxygens (including phenoxy) is 1. The number of carboxylic acid groups (broad SMARTS) is 1. The third-order valence-electron chi connectivity index (χ3n) is 3.39. The topological polar surface area (TPSA) is 75.6 Å². The van der Waals surface area contributed by atoms with Gasteiger partial charge >= 0.3 is 5.97 Å². The Bertz CT molecular complexity index is 526. The third kappa shape index (κ3) is 3.25. The van der Waals surface area contributed by atoms with E-state index < -0.39 is 17.3 Å². The van der Waals surface area contributed by atoms with Gasteiger partial charge in [0.25, 0.3) is 5.91 Å². The van der Waals surface area contributed by atoms with Crippen molar-refractivity contribution in [2.45, 2.75) is 12.8 Å². The lowest BCUT2D eigenvalue weighted by atomic mass is 9.80. The summed E-state index contributed by atoms with van der Waals surface area (Å²) in [7, 11) is 0. The number of amides is 1. The summed E-state index contributed by atoms with van der Waals surface area (Å²) in [5, 5.41) is 12.0. The number of hydrogen-bond donors (Lipinski definition) is 2. The molecule has 0 aromatic carbocycles. The zero-order valence-corrected chi connectivity index (χ0v) is 12.8. The van der Waals surface area contributed by atoms with Crippen LogP contribution in [0.5, 0.6) is 0 Å². The summed E-state index contributed by atoms with van der Waals surface area (Å²) in [6.07, 6.45) is 0.751. The fourth-order valence-electron chi connectivity index (χ4n) is 2.07. The number of rotatable bonds is 4. The van der Waals surface area contributed by atoms with Crippen LogP contribution in [0.15, 0.2) is 6.07 Å². The van der Waals surface area contributed by atoms with Gasteiger partial charge in [0.2, 0.25) is 0 Å². The Morgan fingerprint density at radius 2 is 2.05 bits per heavy atom. The minimum absolute atomic E-state index is 0.0499. The average Bonchev–Trinajstić information content (AvgIpc) is 2.76. The number of halogens is 2. The molecule has 1 amide bonds. The Kier molecular flexibility index (Phi) is 4.90. The largest absolute Gasteiger partial charge is 0.481 e. The quantitative estimate of drug-likeness (QED) is 0.885. The van der Waals surface area contributed by atoms with Gasteiger partial charge in [-0.05, 0) is 18.9 Å². The molecule has 0 atom stereocenters. The monoisotopic (exact) mass is 337 g/mol. The van der Waals surface area contributed by atoms with Gasteiger partial charge < -0.3 is 15.2 Å². The highest BCUT2D eigenvalue weighted by molar-refractivity contribution is 7.20. The van der Waals surface area contributed by atoms with Crippen molar-refractivity contribution in [3.05, 3.63) is 20.3 Å². The lowest BCUT2D eigenvalue weighted by Crippen LogP contribution is -2.46. The van der Waals surface area contributed by atoms with E-state index in [0.717, 1.165) is 11.3 Å². The standard InChI is InChI=1S/C12H13Cl2NO4S/c13-8-5-7(9(14)20-8)10(16)15-6-12(11(17)18)1-3-19-4-2-12/h5H,1-4,6H2,(H,15,16)(H,17,18). The molecule has 0 spiro atoms. The van der Waals surface area contributed by atoms with E-state index >= 15 is 0 Å². The molecule has 0 aliphatic carbocycles. The molecule has 1 aromatic heterocycles. The maximum Gasteiger partial charge on any atom is 0.311 e. The Hall–Kier alpha value is -0.820. The van der Waals surface area contributed by atoms with E-state index in [1.807, 2.05) is 0 Å². The summed E-state index contributed by atoms with van der Waals surface area (Å²) in [6, 6.07) is 1.47. The smallest absolute Gasteiger partial charge is 0.311 e. The zero-order valence-electron chi connectivity index (χ0n) is 10.4. The van der Waals surface area contributed by atoms with Crippen LogP contribution in [0.2, 0.25) is 8.67 Å². The second-order valence-electron chi connectivity index (χ2n) is 4.62. The van der Waals surface area contributed by atoms with Gasteiger partial charge in [0.15, 0.2) is 0 Å². The van der Waals surface area contributed by atoms with Crippen LogP contribution in [0.25, 0.3) is 0 Å². The van der Waals surface area contributed by atoms with E-state index in [1.165, 1.54) is 6.07 Å². The predicted octanol–water partition coefficient (Wildman–Crippen LogP) is 2.67. The summed E-state index contributed by atoms with van der Waals surface area (Å²) in [6.45, 7) is 0.814. The minimum atomic E-state index is -0.972. The molecule has 1 aromatic rings. The molecule has 0 saturated carbocycles. The lowest BCUT2D eigenvalue weighted by Gasteiger charge is -2.33. The van der Waals surface area contributed by atoms with Gasteiger partial charge in [-0.1, -0.05) is 23.2 Å². The van der Waals surface area contributed by atoms with Gasteiger partial charge in [0.1, 0.15) is 4.34 Å². The molecule has 0 bridgehead atoms.